The Bertz CT molecular complexity index is 2190. The van der Waals surface area contributed by atoms with E-state index in [4.69, 9.17) is 38.3 Å². The Morgan fingerprint density at radius 2 is 1.07 bits per heavy atom. The highest BCUT2D eigenvalue weighted by molar-refractivity contribution is 6.02. The van der Waals surface area contributed by atoms with Gasteiger partial charge in [0.15, 0.2) is 6.29 Å². The lowest BCUT2D eigenvalue weighted by Crippen LogP contribution is -2.26. The van der Waals surface area contributed by atoms with Gasteiger partial charge in [-0.3, -0.25) is 4.79 Å². The molecule has 0 saturated carbocycles. The van der Waals surface area contributed by atoms with Crippen LogP contribution in [0.3, 0.4) is 0 Å². The summed E-state index contributed by atoms with van der Waals surface area (Å²) in [6.45, 7) is 15.2. The molecule has 2 unspecified atom stereocenters. The number of hydrogen-bond acceptors (Lipinski definition) is 16. The van der Waals surface area contributed by atoms with Gasteiger partial charge in [0.1, 0.15) is 45.2 Å². The van der Waals surface area contributed by atoms with Crippen LogP contribution in [0.25, 0.3) is 0 Å². The zero-order valence-corrected chi connectivity index (χ0v) is 35.1. The number of ether oxygens (including phenoxy) is 8. The second-order valence-corrected chi connectivity index (χ2v) is 15.9. The molecule has 0 fully saturated rings. The summed E-state index contributed by atoms with van der Waals surface area (Å²) in [5.41, 5.74) is -1.84. The third-order valence-electron chi connectivity index (χ3n) is 7.70. The fourth-order valence-electron chi connectivity index (χ4n) is 5.26. The summed E-state index contributed by atoms with van der Waals surface area (Å²) in [5, 5.41) is 18.2. The molecular weight excluding hydrogens is 795 g/mol. The number of methoxy groups -OCH3 is 3. The Labute approximate surface area is 344 Å². The first kappa shape index (κ1) is 48.0. The Kier molecular flexibility index (Phi) is 14.9. The van der Waals surface area contributed by atoms with Gasteiger partial charge >= 0.3 is 35.8 Å². The van der Waals surface area contributed by atoms with Crippen LogP contribution in [-0.4, -0.2) is 90.4 Å². The van der Waals surface area contributed by atoms with Gasteiger partial charge in [0.05, 0.1) is 36.5 Å². The number of aliphatic hydroxyl groups is 1. The van der Waals surface area contributed by atoms with Crippen molar-refractivity contribution in [1.82, 2.24) is 0 Å². The van der Waals surface area contributed by atoms with Crippen LogP contribution < -0.4 is 9.47 Å². The smallest absolute Gasteiger partial charge is 0.342 e. The average molecular weight is 843 g/mol. The van der Waals surface area contributed by atoms with Crippen LogP contribution in [0.5, 0.6) is 11.5 Å². The quantitative estimate of drug-likeness (QED) is 0.139. The van der Waals surface area contributed by atoms with Gasteiger partial charge in [-0.25, -0.2) is 33.2 Å². The van der Waals surface area contributed by atoms with E-state index in [1.54, 1.807) is 62.3 Å². The molecule has 3 aromatic carbocycles. The van der Waals surface area contributed by atoms with E-state index in [0.29, 0.717) is 17.4 Å². The van der Waals surface area contributed by atoms with Gasteiger partial charge in [0.2, 0.25) is 12.6 Å². The van der Waals surface area contributed by atoms with Crippen LogP contribution in [-0.2, 0) is 28.4 Å². The number of cyclic esters (lactones) is 2. The van der Waals surface area contributed by atoms with Gasteiger partial charge in [-0.2, -0.15) is 0 Å². The summed E-state index contributed by atoms with van der Waals surface area (Å²) in [6.07, 6.45) is -1.86. The van der Waals surface area contributed by atoms with E-state index < -0.39 is 76.6 Å². The highest BCUT2D eigenvalue weighted by atomic mass is 19.1. The molecule has 0 aromatic heterocycles. The van der Waals surface area contributed by atoms with Crippen molar-refractivity contribution in [1.29, 1.82) is 0 Å². The standard InChI is InChI=1S/C17H21FO5.C15H18O6.C10H8O6/c1-16(2,3)22-14(20)11-8-13(18)12(7-10(11)9-19)15(21)23-17(4,5)6;1-15(2,3)21-13(17)10-6-9-8(7-11(10)18-4)12(16)20-14(9)19-5;1-15-7-3-5-4(2-6(7)8(11)12)9(13)16-10(5)14/h7-9H,1-6H3;6-7,14H,1-5H3;2-3,9,13H,1H3,(H,11,12). The second-order valence-electron chi connectivity index (χ2n) is 15.9. The molecule has 0 amide bonds. The van der Waals surface area contributed by atoms with E-state index in [1.807, 2.05) is 0 Å². The highest BCUT2D eigenvalue weighted by Gasteiger charge is 2.35. The molecule has 2 aliphatic rings. The Morgan fingerprint density at radius 3 is 1.52 bits per heavy atom. The molecule has 60 heavy (non-hydrogen) atoms. The van der Waals surface area contributed by atoms with E-state index in [-0.39, 0.29) is 44.9 Å². The molecule has 2 aliphatic heterocycles. The second kappa shape index (κ2) is 18.7. The maximum absolute atomic E-state index is 14.2. The molecule has 2 atom stereocenters. The lowest BCUT2D eigenvalue weighted by Gasteiger charge is -2.21. The molecular formula is C42H47FO17. The molecule has 0 bridgehead atoms. The first-order valence-electron chi connectivity index (χ1n) is 17.9. The number of aromatic carboxylic acids is 1. The fraction of sp³-hybridized carbons (Fsp3) is 0.405. The average Bonchev–Trinajstić information content (AvgIpc) is 3.60. The number of halogens is 1. The number of hydrogen-bond donors (Lipinski definition) is 2. The van der Waals surface area contributed by atoms with E-state index in [1.165, 1.54) is 45.6 Å². The first-order valence-corrected chi connectivity index (χ1v) is 17.9. The summed E-state index contributed by atoms with van der Waals surface area (Å²) >= 11 is 0. The van der Waals surface area contributed by atoms with Crippen LogP contribution >= 0.6 is 0 Å². The lowest BCUT2D eigenvalue weighted by molar-refractivity contribution is -0.0816. The largest absolute Gasteiger partial charge is 0.496 e. The summed E-state index contributed by atoms with van der Waals surface area (Å²) in [4.78, 5) is 81.3. The van der Waals surface area contributed by atoms with Crippen molar-refractivity contribution >= 4 is 42.1 Å². The number of carboxylic acids is 1. The minimum Gasteiger partial charge on any atom is -0.496 e. The zero-order valence-electron chi connectivity index (χ0n) is 35.1. The summed E-state index contributed by atoms with van der Waals surface area (Å²) < 4.78 is 54.4. The number of rotatable bonds is 8. The van der Waals surface area contributed by atoms with Gasteiger partial charge in [-0.1, -0.05) is 0 Å². The molecule has 5 rings (SSSR count). The normalized spacial score (nSPS) is 15.3. The van der Waals surface area contributed by atoms with Crippen molar-refractivity contribution < 1.29 is 86.1 Å². The van der Waals surface area contributed by atoms with Gasteiger partial charge < -0.3 is 48.1 Å². The summed E-state index contributed by atoms with van der Waals surface area (Å²) in [6, 6.07) is 7.22. The summed E-state index contributed by atoms with van der Waals surface area (Å²) in [7, 11) is 4.14. The number of fused-ring (bicyclic) bond motifs is 2. The van der Waals surface area contributed by atoms with Crippen LogP contribution in [0.1, 0.15) is 159 Å². The minimum atomic E-state index is -1.41. The van der Waals surface area contributed by atoms with Crippen molar-refractivity contribution in [2.24, 2.45) is 0 Å². The van der Waals surface area contributed by atoms with Gasteiger partial charge in [-0.05, 0) is 98.7 Å². The van der Waals surface area contributed by atoms with E-state index in [2.05, 4.69) is 4.74 Å². The van der Waals surface area contributed by atoms with Crippen molar-refractivity contribution in [3.05, 3.63) is 92.3 Å². The molecule has 2 N–H and O–H groups in total. The fourth-order valence-corrected chi connectivity index (χ4v) is 5.26. The van der Waals surface area contributed by atoms with Crippen LogP contribution in [0, 0.1) is 5.82 Å². The molecule has 324 valence electrons. The number of benzene rings is 3. The SMILES string of the molecule is CC(C)(C)OC(=O)c1cc(C=O)c(C(=O)OC(C)(C)C)cc1F.COc1cc2c(cc1C(=O)O)C(O)OC2=O.COc1cc2c(cc1C(=O)OC(C)(C)C)C(OC)OC2=O. The number of esters is 5. The summed E-state index contributed by atoms with van der Waals surface area (Å²) in [5.74, 6) is -5.33. The zero-order chi connectivity index (χ0) is 45.7. The molecule has 0 saturated heterocycles. The Balaban J connectivity index is 0.000000244. The molecule has 0 aliphatic carbocycles. The number of carbonyl (C=O) groups is 7. The molecule has 3 aromatic rings. The number of aliphatic hydroxyl groups excluding tert-OH is 1. The van der Waals surface area contributed by atoms with E-state index in [9.17, 15) is 43.1 Å². The molecule has 0 radical (unpaired) electrons. The third kappa shape index (κ3) is 12.1. The minimum absolute atomic E-state index is 0.0531. The van der Waals surface area contributed by atoms with Crippen molar-refractivity contribution in [2.75, 3.05) is 21.3 Å². The third-order valence-corrected chi connectivity index (χ3v) is 7.70. The van der Waals surface area contributed by atoms with Crippen LogP contribution in [0.4, 0.5) is 4.39 Å². The predicted octanol–water partition coefficient (Wildman–Crippen LogP) is 6.57. The van der Waals surface area contributed by atoms with Crippen LogP contribution in [0.15, 0.2) is 36.4 Å². The van der Waals surface area contributed by atoms with Gasteiger partial charge in [0.25, 0.3) is 0 Å². The number of aldehydes is 1. The molecule has 0 spiro atoms. The first-order chi connectivity index (χ1) is 27.6. The van der Waals surface area contributed by atoms with Crippen molar-refractivity contribution in [2.45, 2.75) is 91.7 Å². The maximum atomic E-state index is 14.2. The topological polar surface area (TPSA) is 234 Å². The highest BCUT2D eigenvalue weighted by Crippen LogP contribution is 2.37. The maximum Gasteiger partial charge on any atom is 0.342 e. The number of carboxylic acid groups (broad SMARTS) is 1. The van der Waals surface area contributed by atoms with Gasteiger partial charge in [0, 0.05) is 23.8 Å². The van der Waals surface area contributed by atoms with Crippen molar-refractivity contribution in [3.8, 4) is 11.5 Å². The van der Waals surface area contributed by atoms with E-state index >= 15 is 0 Å². The molecule has 18 heteroatoms. The predicted molar refractivity (Wildman–Crippen MR) is 206 cm³/mol. The van der Waals surface area contributed by atoms with Crippen LogP contribution in [0.2, 0.25) is 0 Å². The number of carbonyl (C=O) groups excluding carboxylic acids is 6. The van der Waals surface area contributed by atoms with E-state index in [0.717, 1.165) is 12.1 Å². The molecule has 17 nitrogen and oxygen atoms in total. The Hall–Kier alpha value is -6.40. The van der Waals surface area contributed by atoms with Crippen molar-refractivity contribution in [3.63, 3.8) is 0 Å². The molecule has 2 heterocycles. The Morgan fingerprint density at radius 1 is 0.633 bits per heavy atom. The lowest BCUT2D eigenvalue weighted by atomic mass is 10.0. The monoisotopic (exact) mass is 842 g/mol. The van der Waals surface area contributed by atoms with Gasteiger partial charge in [-0.15, -0.1) is 0 Å².